The normalized spacial score (nSPS) is 14.2. The summed E-state index contributed by atoms with van der Waals surface area (Å²) in [7, 11) is 0. The Balaban J connectivity index is 1.50. The standard InChI is InChI=1S/C22H20N6O2/c23-20(29)19-16(2-1-7-24-19)14-3-5-15(6-4-14)18-12-17-21(27-18)25-13-26-22(17)28-8-10-30-11-9-28/h1-7,12-13H,8-11H2,(H2,23,29)(H,25,26,27). The molecule has 1 aliphatic heterocycles. The number of pyridine rings is 1. The van der Waals surface area contributed by atoms with E-state index in [0.29, 0.717) is 18.8 Å². The molecule has 0 bridgehead atoms. The molecule has 4 aromatic rings. The number of aromatic amines is 1. The summed E-state index contributed by atoms with van der Waals surface area (Å²) in [5, 5.41) is 0.988. The summed E-state index contributed by atoms with van der Waals surface area (Å²) in [5.74, 6) is 0.378. The number of nitrogens with one attached hydrogen (secondary N) is 1. The molecular weight excluding hydrogens is 380 g/mol. The van der Waals surface area contributed by atoms with Gasteiger partial charge in [-0.3, -0.25) is 9.78 Å². The molecule has 1 amide bonds. The summed E-state index contributed by atoms with van der Waals surface area (Å²) in [6.07, 6.45) is 3.15. The molecule has 1 fully saturated rings. The summed E-state index contributed by atoms with van der Waals surface area (Å²) in [4.78, 5) is 30.3. The summed E-state index contributed by atoms with van der Waals surface area (Å²) in [6, 6.07) is 13.6. The number of carbonyl (C=O) groups excluding carboxylic acids is 1. The third-order valence-electron chi connectivity index (χ3n) is 5.26. The molecule has 0 saturated carbocycles. The van der Waals surface area contributed by atoms with Gasteiger partial charge in [-0.25, -0.2) is 9.97 Å². The van der Waals surface area contributed by atoms with Crippen LogP contribution in [0.5, 0.6) is 0 Å². The quantitative estimate of drug-likeness (QED) is 0.545. The van der Waals surface area contributed by atoms with Crippen LogP contribution in [0, 0.1) is 0 Å². The van der Waals surface area contributed by atoms with Crippen LogP contribution in [-0.4, -0.2) is 52.1 Å². The van der Waals surface area contributed by atoms with E-state index in [9.17, 15) is 4.79 Å². The Morgan fingerprint density at radius 2 is 1.80 bits per heavy atom. The molecule has 1 saturated heterocycles. The van der Waals surface area contributed by atoms with E-state index in [-0.39, 0.29) is 5.69 Å². The second kappa shape index (κ2) is 7.57. The van der Waals surface area contributed by atoms with Crippen molar-refractivity contribution in [3.8, 4) is 22.4 Å². The number of hydrogen-bond donors (Lipinski definition) is 2. The molecule has 0 atom stereocenters. The Kier molecular flexibility index (Phi) is 4.61. The molecule has 4 heterocycles. The number of morpholine rings is 1. The Morgan fingerprint density at radius 1 is 1.03 bits per heavy atom. The first-order valence-corrected chi connectivity index (χ1v) is 9.73. The maximum absolute atomic E-state index is 11.7. The highest BCUT2D eigenvalue weighted by molar-refractivity contribution is 5.98. The molecule has 0 spiro atoms. The van der Waals surface area contributed by atoms with Crippen molar-refractivity contribution >= 4 is 22.8 Å². The van der Waals surface area contributed by atoms with E-state index >= 15 is 0 Å². The maximum atomic E-state index is 11.7. The minimum absolute atomic E-state index is 0.265. The van der Waals surface area contributed by atoms with Gasteiger partial charge in [0.15, 0.2) is 0 Å². The maximum Gasteiger partial charge on any atom is 0.267 e. The van der Waals surface area contributed by atoms with Crippen molar-refractivity contribution in [3.63, 3.8) is 0 Å². The van der Waals surface area contributed by atoms with Gasteiger partial charge in [0, 0.05) is 30.5 Å². The van der Waals surface area contributed by atoms with Gasteiger partial charge < -0.3 is 20.4 Å². The summed E-state index contributed by atoms with van der Waals surface area (Å²) < 4.78 is 5.45. The SMILES string of the molecule is NC(=O)c1ncccc1-c1ccc(-c2cc3c(N4CCOCC4)ncnc3[nH]2)cc1. The Labute approximate surface area is 172 Å². The Bertz CT molecular complexity index is 1210. The van der Waals surface area contributed by atoms with Crippen LogP contribution in [-0.2, 0) is 4.74 Å². The molecule has 5 rings (SSSR count). The number of nitrogens with zero attached hydrogens (tertiary/aromatic N) is 4. The lowest BCUT2D eigenvalue weighted by Crippen LogP contribution is -2.36. The number of H-pyrrole nitrogens is 1. The second-order valence-electron chi connectivity index (χ2n) is 7.08. The highest BCUT2D eigenvalue weighted by Gasteiger charge is 2.18. The van der Waals surface area contributed by atoms with Crippen molar-refractivity contribution in [2.24, 2.45) is 5.73 Å². The molecule has 150 valence electrons. The third kappa shape index (κ3) is 3.27. The summed E-state index contributed by atoms with van der Waals surface area (Å²) in [6.45, 7) is 3.03. The van der Waals surface area contributed by atoms with Gasteiger partial charge in [-0.1, -0.05) is 30.3 Å². The number of benzene rings is 1. The molecule has 3 N–H and O–H groups in total. The van der Waals surface area contributed by atoms with Crippen LogP contribution in [0.25, 0.3) is 33.4 Å². The molecular formula is C22H20N6O2. The van der Waals surface area contributed by atoms with Gasteiger partial charge in [0.1, 0.15) is 23.5 Å². The smallest absolute Gasteiger partial charge is 0.267 e. The van der Waals surface area contributed by atoms with Crippen molar-refractivity contribution in [2.45, 2.75) is 0 Å². The van der Waals surface area contributed by atoms with Crippen LogP contribution in [0.2, 0.25) is 0 Å². The number of fused-ring (bicyclic) bond motifs is 1. The average molecular weight is 400 g/mol. The van der Waals surface area contributed by atoms with Crippen molar-refractivity contribution in [2.75, 3.05) is 31.2 Å². The lowest BCUT2D eigenvalue weighted by molar-refractivity contribution is 0.0996. The minimum Gasteiger partial charge on any atom is -0.378 e. The van der Waals surface area contributed by atoms with E-state index < -0.39 is 5.91 Å². The molecule has 30 heavy (non-hydrogen) atoms. The number of carbonyl (C=O) groups is 1. The Morgan fingerprint density at radius 3 is 2.57 bits per heavy atom. The van der Waals surface area contributed by atoms with E-state index in [0.717, 1.165) is 46.8 Å². The number of rotatable bonds is 4. The first-order chi connectivity index (χ1) is 14.7. The number of amides is 1. The van der Waals surface area contributed by atoms with Gasteiger partial charge >= 0.3 is 0 Å². The zero-order valence-corrected chi connectivity index (χ0v) is 16.2. The van der Waals surface area contributed by atoms with Crippen LogP contribution in [0.3, 0.4) is 0 Å². The lowest BCUT2D eigenvalue weighted by atomic mass is 10.0. The van der Waals surface area contributed by atoms with E-state index in [1.807, 2.05) is 30.3 Å². The minimum atomic E-state index is -0.542. The fraction of sp³-hybridized carbons (Fsp3) is 0.182. The zero-order chi connectivity index (χ0) is 20.5. The number of aromatic nitrogens is 4. The Hall–Kier alpha value is -3.78. The van der Waals surface area contributed by atoms with Crippen molar-refractivity contribution in [3.05, 3.63) is 60.7 Å². The molecule has 0 radical (unpaired) electrons. The highest BCUT2D eigenvalue weighted by Crippen LogP contribution is 2.31. The van der Waals surface area contributed by atoms with Crippen LogP contribution >= 0.6 is 0 Å². The van der Waals surface area contributed by atoms with E-state index in [1.54, 1.807) is 18.6 Å². The summed E-state index contributed by atoms with van der Waals surface area (Å²) >= 11 is 0. The predicted molar refractivity (Wildman–Crippen MR) is 114 cm³/mol. The van der Waals surface area contributed by atoms with Crippen molar-refractivity contribution < 1.29 is 9.53 Å². The topological polar surface area (TPSA) is 110 Å². The van der Waals surface area contributed by atoms with Crippen LogP contribution in [0.1, 0.15) is 10.5 Å². The fourth-order valence-corrected chi connectivity index (χ4v) is 3.77. The van der Waals surface area contributed by atoms with Gasteiger partial charge in [0.05, 0.1) is 18.6 Å². The monoisotopic (exact) mass is 400 g/mol. The van der Waals surface area contributed by atoms with Crippen LogP contribution < -0.4 is 10.6 Å². The number of hydrogen-bond acceptors (Lipinski definition) is 6. The highest BCUT2D eigenvalue weighted by atomic mass is 16.5. The number of nitrogens with two attached hydrogens (primary N) is 1. The fourth-order valence-electron chi connectivity index (χ4n) is 3.77. The van der Waals surface area contributed by atoms with Gasteiger partial charge in [0.25, 0.3) is 5.91 Å². The van der Waals surface area contributed by atoms with Gasteiger partial charge in [-0.15, -0.1) is 0 Å². The number of primary amides is 1. The molecule has 0 unspecified atom stereocenters. The molecule has 8 heteroatoms. The number of anilines is 1. The van der Waals surface area contributed by atoms with Crippen LogP contribution in [0.15, 0.2) is 55.0 Å². The van der Waals surface area contributed by atoms with E-state index in [2.05, 4.69) is 30.9 Å². The van der Waals surface area contributed by atoms with Gasteiger partial charge in [-0.2, -0.15) is 0 Å². The number of ether oxygens (including phenoxy) is 1. The van der Waals surface area contributed by atoms with E-state index in [1.165, 1.54) is 0 Å². The van der Waals surface area contributed by atoms with E-state index in [4.69, 9.17) is 10.5 Å². The van der Waals surface area contributed by atoms with Crippen LogP contribution in [0.4, 0.5) is 5.82 Å². The first-order valence-electron chi connectivity index (χ1n) is 9.73. The lowest BCUT2D eigenvalue weighted by Gasteiger charge is -2.27. The predicted octanol–water partition coefficient (Wildman–Crippen LogP) is 2.62. The molecule has 1 aliphatic rings. The van der Waals surface area contributed by atoms with Crippen molar-refractivity contribution in [1.29, 1.82) is 0 Å². The second-order valence-corrected chi connectivity index (χ2v) is 7.08. The van der Waals surface area contributed by atoms with Gasteiger partial charge in [-0.05, 0) is 23.3 Å². The average Bonchev–Trinajstić information content (AvgIpc) is 3.24. The zero-order valence-electron chi connectivity index (χ0n) is 16.2. The summed E-state index contributed by atoms with van der Waals surface area (Å²) in [5.41, 5.74) is 10.1. The molecule has 8 nitrogen and oxygen atoms in total. The largest absolute Gasteiger partial charge is 0.378 e. The molecule has 0 aliphatic carbocycles. The third-order valence-corrected chi connectivity index (χ3v) is 5.26. The molecule has 3 aromatic heterocycles. The van der Waals surface area contributed by atoms with Crippen molar-refractivity contribution in [1.82, 2.24) is 19.9 Å². The van der Waals surface area contributed by atoms with Gasteiger partial charge in [0.2, 0.25) is 0 Å². The molecule has 1 aromatic carbocycles. The first kappa shape index (κ1) is 18.3.